The molecule has 0 amide bonds. The first-order valence-electron chi connectivity index (χ1n) is 11.0. The van der Waals surface area contributed by atoms with E-state index < -0.39 is 0 Å². The summed E-state index contributed by atoms with van der Waals surface area (Å²) in [6.07, 6.45) is 4.92. The van der Waals surface area contributed by atoms with Crippen LogP contribution in [0.15, 0.2) is 48.8 Å². The van der Waals surface area contributed by atoms with Gasteiger partial charge in [0, 0.05) is 47.7 Å². The second-order valence-electron chi connectivity index (χ2n) is 7.74. The molecule has 4 rings (SSSR count). The summed E-state index contributed by atoms with van der Waals surface area (Å²) in [7, 11) is 0. The molecule has 4 aromatic rings. The summed E-state index contributed by atoms with van der Waals surface area (Å²) in [4.78, 5) is 16.9. The lowest BCUT2D eigenvalue weighted by Crippen LogP contribution is -2.11. The number of halogens is 4. The SMILES string of the molecule is Nc1ncc(-c2cccc(Cl)c2Cl)c(NCCCCNc2nc(N)ncc2-c2cccc(Cl)c2Cl)n1. The van der Waals surface area contributed by atoms with Gasteiger partial charge in [-0.05, 0) is 25.0 Å². The first-order valence-corrected chi connectivity index (χ1v) is 12.5. The Morgan fingerprint density at radius 2 is 1.03 bits per heavy atom. The minimum atomic E-state index is 0.162. The third-order valence-corrected chi connectivity index (χ3v) is 6.92. The van der Waals surface area contributed by atoms with E-state index in [1.807, 2.05) is 24.3 Å². The Morgan fingerprint density at radius 1 is 0.611 bits per heavy atom. The molecule has 0 aliphatic carbocycles. The fourth-order valence-corrected chi connectivity index (χ4v) is 4.35. The summed E-state index contributed by atoms with van der Waals surface area (Å²) in [6, 6.07) is 10.8. The highest BCUT2D eigenvalue weighted by atomic mass is 35.5. The molecule has 186 valence electrons. The van der Waals surface area contributed by atoms with E-state index in [4.69, 9.17) is 57.9 Å². The molecule has 0 atom stereocenters. The molecule has 2 aromatic heterocycles. The van der Waals surface area contributed by atoms with Gasteiger partial charge in [-0.3, -0.25) is 0 Å². The Bertz CT molecular complexity index is 1280. The molecule has 2 heterocycles. The highest BCUT2D eigenvalue weighted by Crippen LogP contribution is 2.37. The van der Waals surface area contributed by atoms with Crippen LogP contribution < -0.4 is 22.1 Å². The van der Waals surface area contributed by atoms with E-state index in [0.29, 0.717) is 55.9 Å². The predicted molar refractivity (Wildman–Crippen MR) is 150 cm³/mol. The molecule has 0 saturated carbocycles. The monoisotopic (exact) mass is 562 g/mol. The van der Waals surface area contributed by atoms with Gasteiger partial charge in [-0.2, -0.15) is 9.97 Å². The van der Waals surface area contributed by atoms with E-state index in [9.17, 15) is 0 Å². The molecule has 12 heteroatoms. The lowest BCUT2D eigenvalue weighted by Gasteiger charge is -2.14. The van der Waals surface area contributed by atoms with Gasteiger partial charge >= 0.3 is 0 Å². The van der Waals surface area contributed by atoms with E-state index >= 15 is 0 Å². The fourth-order valence-electron chi connectivity index (χ4n) is 3.54. The van der Waals surface area contributed by atoms with Crippen molar-refractivity contribution in [2.45, 2.75) is 12.8 Å². The van der Waals surface area contributed by atoms with Gasteiger partial charge in [0.2, 0.25) is 11.9 Å². The van der Waals surface area contributed by atoms with Crippen LogP contribution in [-0.2, 0) is 0 Å². The Morgan fingerprint density at radius 3 is 1.44 bits per heavy atom. The maximum atomic E-state index is 6.40. The van der Waals surface area contributed by atoms with Gasteiger partial charge in [0.05, 0.1) is 20.1 Å². The number of nitrogens with one attached hydrogen (secondary N) is 2. The molecule has 6 N–H and O–H groups in total. The summed E-state index contributed by atoms with van der Waals surface area (Å²) in [5, 5.41) is 8.40. The lowest BCUT2D eigenvalue weighted by atomic mass is 10.1. The van der Waals surface area contributed by atoms with E-state index in [-0.39, 0.29) is 11.9 Å². The number of hydrogen-bond donors (Lipinski definition) is 4. The van der Waals surface area contributed by atoms with Gasteiger partial charge in [0.15, 0.2) is 0 Å². The summed E-state index contributed by atoms with van der Waals surface area (Å²) >= 11 is 25.2. The van der Waals surface area contributed by atoms with E-state index in [1.54, 1.807) is 24.5 Å². The molecule has 0 aliphatic rings. The fraction of sp³-hybridized carbons (Fsp3) is 0.167. The minimum absolute atomic E-state index is 0.162. The summed E-state index contributed by atoms with van der Waals surface area (Å²) in [6.45, 7) is 1.28. The van der Waals surface area contributed by atoms with Gasteiger partial charge in [-0.25, -0.2) is 9.97 Å². The normalized spacial score (nSPS) is 10.9. The van der Waals surface area contributed by atoms with Gasteiger partial charge in [-0.15, -0.1) is 0 Å². The van der Waals surface area contributed by atoms with Crippen molar-refractivity contribution >= 4 is 69.9 Å². The van der Waals surface area contributed by atoms with Crippen LogP contribution in [0.1, 0.15) is 12.8 Å². The Balaban J connectivity index is 1.38. The van der Waals surface area contributed by atoms with Crippen LogP contribution in [0.2, 0.25) is 20.1 Å². The van der Waals surface area contributed by atoms with Crippen molar-refractivity contribution in [3.63, 3.8) is 0 Å². The maximum absolute atomic E-state index is 6.40. The molecule has 8 nitrogen and oxygen atoms in total. The van der Waals surface area contributed by atoms with Crippen LogP contribution in [-0.4, -0.2) is 33.0 Å². The predicted octanol–water partition coefficient (Wildman–Crippen LogP) is 6.68. The van der Waals surface area contributed by atoms with Crippen LogP contribution in [0.25, 0.3) is 22.3 Å². The number of unbranched alkanes of at least 4 members (excludes halogenated alkanes) is 1. The number of nitrogens with two attached hydrogens (primary N) is 2. The number of nitrogens with zero attached hydrogens (tertiary/aromatic N) is 4. The van der Waals surface area contributed by atoms with Crippen molar-refractivity contribution in [3.05, 3.63) is 68.9 Å². The van der Waals surface area contributed by atoms with Gasteiger partial charge in [0.25, 0.3) is 0 Å². The highest BCUT2D eigenvalue weighted by molar-refractivity contribution is 6.44. The van der Waals surface area contributed by atoms with Crippen molar-refractivity contribution in [1.82, 2.24) is 19.9 Å². The maximum Gasteiger partial charge on any atom is 0.221 e. The molecule has 36 heavy (non-hydrogen) atoms. The molecular weight excluding hydrogens is 542 g/mol. The minimum Gasteiger partial charge on any atom is -0.369 e. The van der Waals surface area contributed by atoms with Crippen LogP contribution in [0.4, 0.5) is 23.5 Å². The van der Waals surface area contributed by atoms with Crippen molar-refractivity contribution in [2.75, 3.05) is 35.2 Å². The Kier molecular flexibility index (Phi) is 8.53. The van der Waals surface area contributed by atoms with Crippen molar-refractivity contribution in [2.24, 2.45) is 0 Å². The number of hydrogen-bond acceptors (Lipinski definition) is 8. The largest absolute Gasteiger partial charge is 0.369 e. The Labute approximate surface area is 228 Å². The average molecular weight is 564 g/mol. The summed E-state index contributed by atoms with van der Waals surface area (Å²) < 4.78 is 0. The lowest BCUT2D eigenvalue weighted by molar-refractivity contribution is 0.791. The van der Waals surface area contributed by atoms with Gasteiger partial charge in [-0.1, -0.05) is 70.7 Å². The third-order valence-electron chi connectivity index (χ3n) is 5.29. The topological polar surface area (TPSA) is 128 Å². The summed E-state index contributed by atoms with van der Waals surface area (Å²) in [5.41, 5.74) is 14.5. The average Bonchev–Trinajstić information content (AvgIpc) is 2.85. The zero-order valence-electron chi connectivity index (χ0n) is 18.9. The molecule has 0 fully saturated rings. The molecule has 2 aromatic carbocycles. The van der Waals surface area contributed by atoms with Gasteiger partial charge in [0.1, 0.15) is 11.6 Å². The second-order valence-corrected chi connectivity index (χ2v) is 9.31. The zero-order chi connectivity index (χ0) is 25.7. The second kappa shape index (κ2) is 11.8. The quantitative estimate of drug-likeness (QED) is 0.166. The molecule has 0 radical (unpaired) electrons. The molecule has 0 spiro atoms. The Hall–Kier alpha value is -3.04. The molecule has 0 bridgehead atoms. The van der Waals surface area contributed by atoms with Crippen molar-refractivity contribution < 1.29 is 0 Å². The van der Waals surface area contributed by atoms with Crippen molar-refractivity contribution in [1.29, 1.82) is 0 Å². The molecular formula is C24H22Cl4N8. The standard InChI is InChI=1S/C24H22Cl4N8/c25-17-7-3-5-13(19(17)27)15-11-33-23(29)35-21(15)31-9-1-2-10-32-22-16(12-34-24(30)36-22)14-6-4-8-18(26)20(14)28/h3-8,11-12H,1-2,9-10H2,(H3,29,31,33,35)(H3,30,32,34,36). The van der Waals surface area contributed by atoms with Crippen LogP contribution in [0.3, 0.4) is 0 Å². The van der Waals surface area contributed by atoms with Crippen molar-refractivity contribution in [3.8, 4) is 22.3 Å². The number of benzene rings is 2. The van der Waals surface area contributed by atoms with Gasteiger partial charge < -0.3 is 22.1 Å². The number of rotatable bonds is 9. The number of nitrogen functional groups attached to an aromatic ring is 2. The first-order chi connectivity index (χ1) is 17.3. The van der Waals surface area contributed by atoms with Crippen LogP contribution in [0.5, 0.6) is 0 Å². The summed E-state index contributed by atoms with van der Waals surface area (Å²) in [5.74, 6) is 1.49. The number of anilines is 4. The van der Waals surface area contributed by atoms with E-state index in [0.717, 1.165) is 24.0 Å². The van der Waals surface area contributed by atoms with E-state index in [2.05, 4.69) is 30.6 Å². The first kappa shape index (κ1) is 26.0. The highest BCUT2D eigenvalue weighted by Gasteiger charge is 2.15. The number of aromatic nitrogens is 4. The molecule has 0 saturated heterocycles. The molecule has 0 aliphatic heterocycles. The molecule has 0 unspecified atom stereocenters. The van der Waals surface area contributed by atoms with Crippen LogP contribution >= 0.6 is 46.4 Å². The smallest absolute Gasteiger partial charge is 0.221 e. The third kappa shape index (κ3) is 6.02. The van der Waals surface area contributed by atoms with Crippen LogP contribution in [0, 0.1) is 0 Å². The van der Waals surface area contributed by atoms with E-state index in [1.165, 1.54) is 0 Å². The zero-order valence-corrected chi connectivity index (χ0v) is 21.9.